The zero-order chi connectivity index (χ0) is 21.6. The Morgan fingerprint density at radius 1 is 1.06 bits per heavy atom. The van der Waals surface area contributed by atoms with E-state index in [1.807, 2.05) is 30.3 Å². The standard InChI is InChI=1S/C21H16F2N4O3S/c22-20(23)30-16-8-6-14(7-9-16)18-12-31-21(24-18)25-19(28)17-10-11-27(26-17)13-29-15-4-2-1-3-5-15/h1-12,20H,13H2,(H,24,25,28). The molecule has 0 saturated carbocycles. The molecule has 158 valence electrons. The molecule has 31 heavy (non-hydrogen) atoms. The Kier molecular flexibility index (Phi) is 6.18. The minimum atomic E-state index is -2.87. The first kappa shape index (κ1) is 20.5. The Hall–Kier alpha value is -3.79. The summed E-state index contributed by atoms with van der Waals surface area (Å²) < 4.78 is 35.9. The summed E-state index contributed by atoms with van der Waals surface area (Å²) in [6.45, 7) is -2.70. The Morgan fingerprint density at radius 2 is 1.84 bits per heavy atom. The molecule has 2 aromatic heterocycles. The molecule has 0 radical (unpaired) electrons. The topological polar surface area (TPSA) is 78.3 Å². The molecule has 2 aromatic carbocycles. The lowest BCUT2D eigenvalue weighted by Crippen LogP contribution is -2.14. The minimum Gasteiger partial charge on any atom is -0.471 e. The van der Waals surface area contributed by atoms with Crippen molar-refractivity contribution in [2.24, 2.45) is 0 Å². The third kappa shape index (κ3) is 5.43. The normalized spacial score (nSPS) is 10.8. The van der Waals surface area contributed by atoms with Crippen molar-refractivity contribution in [3.8, 4) is 22.8 Å². The van der Waals surface area contributed by atoms with Crippen molar-refractivity contribution in [1.82, 2.24) is 14.8 Å². The zero-order valence-electron chi connectivity index (χ0n) is 15.9. The van der Waals surface area contributed by atoms with Gasteiger partial charge in [-0.3, -0.25) is 10.1 Å². The highest BCUT2D eigenvalue weighted by atomic mass is 32.1. The van der Waals surface area contributed by atoms with Crippen LogP contribution in [0.5, 0.6) is 11.5 Å². The molecule has 1 N–H and O–H groups in total. The Balaban J connectivity index is 1.35. The van der Waals surface area contributed by atoms with Crippen LogP contribution in [0, 0.1) is 0 Å². The number of para-hydroxylation sites is 1. The number of carbonyl (C=O) groups excluding carboxylic acids is 1. The molecule has 0 aliphatic carbocycles. The van der Waals surface area contributed by atoms with Gasteiger partial charge in [0.2, 0.25) is 0 Å². The van der Waals surface area contributed by atoms with Crippen LogP contribution >= 0.6 is 11.3 Å². The van der Waals surface area contributed by atoms with Crippen molar-refractivity contribution >= 4 is 22.4 Å². The summed E-state index contributed by atoms with van der Waals surface area (Å²) in [6.07, 6.45) is 1.65. The molecule has 2 heterocycles. The number of halogens is 2. The van der Waals surface area contributed by atoms with E-state index in [1.54, 1.807) is 29.8 Å². The van der Waals surface area contributed by atoms with Gasteiger partial charge in [-0.25, -0.2) is 9.67 Å². The van der Waals surface area contributed by atoms with Gasteiger partial charge in [0.05, 0.1) is 5.69 Å². The smallest absolute Gasteiger partial charge is 0.387 e. The lowest BCUT2D eigenvalue weighted by Gasteiger charge is -2.05. The maximum absolute atomic E-state index is 12.4. The molecule has 0 saturated heterocycles. The van der Waals surface area contributed by atoms with Crippen LogP contribution in [0.15, 0.2) is 72.2 Å². The Labute approximate surface area is 179 Å². The molecule has 0 spiro atoms. The van der Waals surface area contributed by atoms with E-state index in [2.05, 4.69) is 20.1 Å². The summed E-state index contributed by atoms with van der Waals surface area (Å²) in [5.41, 5.74) is 1.54. The van der Waals surface area contributed by atoms with Gasteiger partial charge in [-0.15, -0.1) is 11.3 Å². The van der Waals surface area contributed by atoms with Gasteiger partial charge < -0.3 is 9.47 Å². The molecular formula is C21H16F2N4O3S. The summed E-state index contributed by atoms with van der Waals surface area (Å²) in [5, 5.41) is 9.05. The monoisotopic (exact) mass is 442 g/mol. The Morgan fingerprint density at radius 3 is 2.58 bits per heavy atom. The highest BCUT2D eigenvalue weighted by Crippen LogP contribution is 2.27. The number of thiazole rings is 1. The highest BCUT2D eigenvalue weighted by Gasteiger charge is 2.13. The van der Waals surface area contributed by atoms with Crippen LogP contribution in [0.3, 0.4) is 0 Å². The number of rotatable bonds is 8. The van der Waals surface area contributed by atoms with Crippen LogP contribution in [-0.2, 0) is 6.73 Å². The molecule has 1 amide bonds. The summed E-state index contributed by atoms with van der Waals surface area (Å²) in [5.74, 6) is 0.363. The van der Waals surface area contributed by atoms with Gasteiger partial charge in [0, 0.05) is 17.1 Å². The summed E-state index contributed by atoms with van der Waals surface area (Å²) in [4.78, 5) is 16.8. The van der Waals surface area contributed by atoms with Crippen LogP contribution in [0.4, 0.5) is 13.9 Å². The van der Waals surface area contributed by atoms with Gasteiger partial charge in [0.1, 0.15) is 11.5 Å². The second-order valence-corrected chi connectivity index (χ2v) is 7.08. The van der Waals surface area contributed by atoms with Gasteiger partial charge in [-0.2, -0.15) is 13.9 Å². The van der Waals surface area contributed by atoms with E-state index in [1.165, 1.54) is 28.2 Å². The third-order valence-corrected chi connectivity index (χ3v) is 4.84. The number of alkyl halides is 2. The van der Waals surface area contributed by atoms with E-state index in [4.69, 9.17) is 4.74 Å². The van der Waals surface area contributed by atoms with Gasteiger partial charge >= 0.3 is 6.61 Å². The molecular weight excluding hydrogens is 426 g/mol. The first-order chi connectivity index (χ1) is 15.1. The van der Waals surface area contributed by atoms with Gasteiger partial charge in [-0.1, -0.05) is 18.2 Å². The fraction of sp³-hybridized carbons (Fsp3) is 0.0952. The molecule has 0 aliphatic rings. The zero-order valence-corrected chi connectivity index (χ0v) is 16.8. The van der Waals surface area contributed by atoms with Crippen molar-refractivity contribution in [2.45, 2.75) is 13.3 Å². The number of benzene rings is 2. The maximum Gasteiger partial charge on any atom is 0.387 e. The molecule has 10 heteroatoms. The third-order valence-electron chi connectivity index (χ3n) is 4.08. The fourth-order valence-electron chi connectivity index (χ4n) is 2.64. The lowest BCUT2D eigenvalue weighted by molar-refractivity contribution is -0.0498. The fourth-order valence-corrected chi connectivity index (χ4v) is 3.36. The summed E-state index contributed by atoms with van der Waals surface area (Å²) >= 11 is 1.24. The van der Waals surface area contributed by atoms with Crippen molar-refractivity contribution in [1.29, 1.82) is 0 Å². The van der Waals surface area contributed by atoms with Crippen molar-refractivity contribution < 1.29 is 23.0 Å². The van der Waals surface area contributed by atoms with E-state index in [0.29, 0.717) is 22.1 Å². The molecule has 0 fully saturated rings. The number of nitrogens with zero attached hydrogens (tertiary/aromatic N) is 3. The predicted octanol–water partition coefficient (Wildman–Crippen LogP) is 4.90. The minimum absolute atomic E-state index is 0.0642. The van der Waals surface area contributed by atoms with E-state index < -0.39 is 12.5 Å². The van der Waals surface area contributed by atoms with Gasteiger partial charge in [0.25, 0.3) is 5.91 Å². The van der Waals surface area contributed by atoms with Crippen LogP contribution in [0.1, 0.15) is 10.5 Å². The van der Waals surface area contributed by atoms with Crippen molar-refractivity contribution in [3.63, 3.8) is 0 Å². The summed E-state index contributed by atoms with van der Waals surface area (Å²) in [7, 11) is 0. The maximum atomic E-state index is 12.4. The number of carbonyl (C=O) groups is 1. The SMILES string of the molecule is O=C(Nc1nc(-c2ccc(OC(F)F)cc2)cs1)c1ccn(COc2ccccc2)n1. The van der Waals surface area contributed by atoms with Crippen LogP contribution < -0.4 is 14.8 Å². The number of aromatic nitrogens is 3. The average Bonchev–Trinajstić information content (AvgIpc) is 3.43. The van der Waals surface area contributed by atoms with Crippen molar-refractivity contribution in [3.05, 3.63) is 77.9 Å². The second-order valence-electron chi connectivity index (χ2n) is 6.22. The largest absolute Gasteiger partial charge is 0.471 e. The number of hydrogen-bond acceptors (Lipinski definition) is 6. The predicted molar refractivity (Wildman–Crippen MR) is 111 cm³/mol. The lowest BCUT2D eigenvalue weighted by atomic mass is 10.2. The average molecular weight is 442 g/mol. The molecule has 4 aromatic rings. The number of anilines is 1. The van der Waals surface area contributed by atoms with Crippen LogP contribution in [0.25, 0.3) is 11.3 Å². The van der Waals surface area contributed by atoms with Crippen LogP contribution in [0.2, 0.25) is 0 Å². The molecule has 0 atom stereocenters. The Bertz CT molecular complexity index is 1150. The van der Waals surface area contributed by atoms with Gasteiger partial charge in [-0.05, 0) is 42.5 Å². The van der Waals surface area contributed by atoms with E-state index in [0.717, 1.165) is 0 Å². The molecule has 4 rings (SSSR count). The quantitative estimate of drug-likeness (QED) is 0.420. The molecule has 0 unspecified atom stereocenters. The number of nitrogens with one attached hydrogen (secondary N) is 1. The second kappa shape index (κ2) is 9.35. The summed E-state index contributed by atoms with van der Waals surface area (Å²) in [6, 6.07) is 17.0. The van der Waals surface area contributed by atoms with Crippen LogP contribution in [-0.4, -0.2) is 27.3 Å². The number of amides is 1. The number of ether oxygens (including phenoxy) is 2. The molecule has 0 aliphatic heterocycles. The highest BCUT2D eigenvalue weighted by molar-refractivity contribution is 7.14. The van der Waals surface area contributed by atoms with Gasteiger partial charge in [0.15, 0.2) is 17.6 Å². The first-order valence-electron chi connectivity index (χ1n) is 9.10. The molecule has 7 nitrogen and oxygen atoms in total. The van der Waals surface area contributed by atoms with Crippen molar-refractivity contribution in [2.75, 3.05) is 5.32 Å². The molecule has 0 bridgehead atoms. The first-order valence-corrected chi connectivity index (χ1v) is 9.98. The van der Waals surface area contributed by atoms with E-state index >= 15 is 0 Å². The number of hydrogen-bond donors (Lipinski definition) is 1. The van der Waals surface area contributed by atoms with E-state index in [-0.39, 0.29) is 18.2 Å². The van der Waals surface area contributed by atoms with E-state index in [9.17, 15) is 13.6 Å².